The molecule has 1 aliphatic rings. The molecule has 2 rings (SSSR count). The van der Waals surface area contributed by atoms with E-state index in [1.165, 1.54) is 0 Å². The maximum Gasteiger partial charge on any atom is 0.311 e. The van der Waals surface area contributed by atoms with E-state index >= 15 is 0 Å². The van der Waals surface area contributed by atoms with Crippen molar-refractivity contribution < 1.29 is 19.5 Å². The van der Waals surface area contributed by atoms with Crippen molar-refractivity contribution in [2.75, 3.05) is 13.1 Å². The van der Waals surface area contributed by atoms with Crippen molar-refractivity contribution in [2.45, 2.75) is 47.0 Å². The number of ketones is 1. The standard InChI is InChI=1S/C20H27NO4/c1-13(2)20(19(24)25)9-10-21(12-20)18(23)8-7-17(22)16-11-14(3)5-6-15(16)4/h5-6,11,13H,7-10,12H2,1-4H3,(H,24,25). The van der Waals surface area contributed by atoms with Crippen LogP contribution in [-0.2, 0) is 9.59 Å². The first-order chi connectivity index (χ1) is 11.7. The van der Waals surface area contributed by atoms with E-state index in [2.05, 4.69) is 0 Å². The van der Waals surface area contributed by atoms with E-state index < -0.39 is 11.4 Å². The molecule has 1 aliphatic heterocycles. The summed E-state index contributed by atoms with van der Waals surface area (Å²) in [5.74, 6) is -1.06. The zero-order chi connectivity index (χ0) is 18.8. The van der Waals surface area contributed by atoms with E-state index in [-0.39, 0.29) is 37.0 Å². The van der Waals surface area contributed by atoms with Gasteiger partial charge in [-0.3, -0.25) is 14.4 Å². The van der Waals surface area contributed by atoms with Gasteiger partial charge in [-0.25, -0.2) is 0 Å². The topological polar surface area (TPSA) is 74.7 Å². The molecule has 5 heteroatoms. The molecule has 1 aromatic rings. The number of rotatable bonds is 6. The van der Waals surface area contributed by atoms with Gasteiger partial charge in [0.2, 0.25) is 5.91 Å². The highest BCUT2D eigenvalue weighted by Gasteiger charge is 2.48. The molecule has 136 valence electrons. The highest BCUT2D eigenvalue weighted by Crippen LogP contribution is 2.38. The number of hydrogen-bond acceptors (Lipinski definition) is 3. The van der Waals surface area contributed by atoms with Gasteiger partial charge in [0, 0.05) is 31.5 Å². The molecule has 0 saturated carbocycles. The largest absolute Gasteiger partial charge is 0.481 e. The fourth-order valence-electron chi connectivity index (χ4n) is 3.49. The molecule has 0 aromatic heterocycles. The summed E-state index contributed by atoms with van der Waals surface area (Å²) in [6, 6.07) is 5.72. The number of hydrogen-bond donors (Lipinski definition) is 1. The first-order valence-corrected chi connectivity index (χ1v) is 8.79. The molecule has 1 saturated heterocycles. The van der Waals surface area contributed by atoms with Crippen LogP contribution in [0, 0.1) is 25.2 Å². The second-order valence-corrected chi connectivity index (χ2v) is 7.42. The van der Waals surface area contributed by atoms with Crippen LogP contribution < -0.4 is 0 Å². The SMILES string of the molecule is Cc1ccc(C)c(C(=O)CCC(=O)N2CCC(C(=O)O)(C(C)C)C2)c1. The van der Waals surface area contributed by atoms with Crippen LogP contribution in [0.5, 0.6) is 0 Å². The lowest BCUT2D eigenvalue weighted by molar-refractivity contribution is -0.151. The highest BCUT2D eigenvalue weighted by molar-refractivity contribution is 5.99. The van der Waals surface area contributed by atoms with E-state index in [4.69, 9.17) is 0 Å². The minimum absolute atomic E-state index is 0.0397. The smallest absolute Gasteiger partial charge is 0.311 e. The Morgan fingerprint density at radius 2 is 1.88 bits per heavy atom. The molecule has 1 atom stereocenters. The lowest BCUT2D eigenvalue weighted by Gasteiger charge is -2.28. The van der Waals surface area contributed by atoms with E-state index in [1.54, 1.807) is 4.90 Å². The molecule has 5 nitrogen and oxygen atoms in total. The molecule has 1 aromatic carbocycles. The first-order valence-electron chi connectivity index (χ1n) is 8.79. The van der Waals surface area contributed by atoms with Crippen LogP contribution >= 0.6 is 0 Å². The minimum atomic E-state index is -0.868. The van der Waals surface area contributed by atoms with Gasteiger partial charge in [-0.15, -0.1) is 0 Å². The third-order valence-electron chi connectivity index (χ3n) is 5.44. The molecular formula is C20H27NO4. The summed E-state index contributed by atoms with van der Waals surface area (Å²) >= 11 is 0. The van der Waals surface area contributed by atoms with Crippen molar-refractivity contribution >= 4 is 17.7 Å². The number of carbonyl (C=O) groups excluding carboxylic acids is 2. The Morgan fingerprint density at radius 3 is 2.44 bits per heavy atom. The summed E-state index contributed by atoms with van der Waals surface area (Å²) in [4.78, 5) is 38.1. The second kappa shape index (κ2) is 7.38. The van der Waals surface area contributed by atoms with Gasteiger partial charge in [0.05, 0.1) is 5.41 Å². The average Bonchev–Trinajstić information content (AvgIpc) is 3.01. The molecule has 0 bridgehead atoms. The quantitative estimate of drug-likeness (QED) is 0.803. The number of carboxylic acids is 1. The van der Waals surface area contributed by atoms with Crippen LogP contribution in [0.4, 0.5) is 0 Å². The van der Waals surface area contributed by atoms with Gasteiger partial charge in [-0.2, -0.15) is 0 Å². The van der Waals surface area contributed by atoms with Crippen LogP contribution in [0.3, 0.4) is 0 Å². The number of amides is 1. The van der Waals surface area contributed by atoms with E-state index in [1.807, 2.05) is 45.9 Å². The fraction of sp³-hybridized carbons (Fsp3) is 0.550. The van der Waals surface area contributed by atoms with Crippen LogP contribution in [0.15, 0.2) is 18.2 Å². The van der Waals surface area contributed by atoms with Gasteiger partial charge >= 0.3 is 5.97 Å². The van der Waals surface area contributed by atoms with E-state index in [9.17, 15) is 19.5 Å². The third-order valence-corrected chi connectivity index (χ3v) is 5.44. The lowest BCUT2D eigenvalue weighted by Crippen LogP contribution is -2.40. The van der Waals surface area contributed by atoms with Crippen molar-refractivity contribution in [3.63, 3.8) is 0 Å². The molecule has 1 unspecified atom stereocenters. The number of likely N-dealkylation sites (tertiary alicyclic amines) is 1. The molecule has 1 heterocycles. The molecule has 1 amide bonds. The number of aryl methyl sites for hydroxylation is 2. The van der Waals surface area contributed by atoms with Crippen LogP contribution in [0.2, 0.25) is 0 Å². The number of carbonyl (C=O) groups is 3. The van der Waals surface area contributed by atoms with Crippen molar-refractivity contribution in [3.8, 4) is 0 Å². The Labute approximate surface area is 149 Å². The Morgan fingerprint density at radius 1 is 1.20 bits per heavy atom. The molecule has 0 spiro atoms. The van der Waals surface area contributed by atoms with Gasteiger partial charge in [0.25, 0.3) is 0 Å². The predicted octanol–water partition coefficient (Wildman–Crippen LogP) is 3.23. The average molecular weight is 345 g/mol. The van der Waals surface area contributed by atoms with E-state index in [0.29, 0.717) is 18.5 Å². The Bertz CT molecular complexity index is 695. The highest BCUT2D eigenvalue weighted by atomic mass is 16.4. The van der Waals surface area contributed by atoms with Crippen molar-refractivity contribution in [1.82, 2.24) is 4.90 Å². The van der Waals surface area contributed by atoms with Gasteiger partial charge in [0.15, 0.2) is 5.78 Å². The summed E-state index contributed by atoms with van der Waals surface area (Å²) < 4.78 is 0. The molecular weight excluding hydrogens is 318 g/mol. The molecule has 25 heavy (non-hydrogen) atoms. The molecule has 0 aliphatic carbocycles. The number of nitrogens with zero attached hydrogens (tertiary/aromatic N) is 1. The van der Waals surface area contributed by atoms with Crippen LogP contribution in [0.1, 0.15) is 54.6 Å². The second-order valence-electron chi connectivity index (χ2n) is 7.42. The van der Waals surface area contributed by atoms with Crippen molar-refractivity contribution in [1.29, 1.82) is 0 Å². The summed E-state index contributed by atoms with van der Waals surface area (Å²) in [7, 11) is 0. The summed E-state index contributed by atoms with van der Waals surface area (Å²) in [5, 5.41) is 9.56. The fourth-order valence-corrected chi connectivity index (χ4v) is 3.49. The molecule has 0 radical (unpaired) electrons. The van der Waals surface area contributed by atoms with E-state index in [0.717, 1.165) is 11.1 Å². The van der Waals surface area contributed by atoms with Crippen molar-refractivity contribution in [3.05, 3.63) is 34.9 Å². The monoisotopic (exact) mass is 345 g/mol. The summed E-state index contributed by atoms with van der Waals surface area (Å²) in [6.45, 7) is 8.26. The van der Waals surface area contributed by atoms with Gasteiger partial charge in [-0.1, -0.05) is 31.5 Å². The zero-order valence-corrected chi connectivity index (χ0v) is 15.5. The molecule has 1 fully saturated rings. The maximum absolute atomic E-state index is 12.4. The lowest BCUT2D eigenvalue weighted by atomic mass is 9.76. The molecule has 1 N–H and O–H groups in total. The summed E-state index contributed by atoms with van der Waals surface area (Å²) in [6.07, 6.45) is 0.748. The van der Waals surface area contributed by atoms with Crippen LogP contribution in [-0.4, -0.2) is 40.8 Å². The van der Waals surface area contributed by atoms with Crippen LogP contribution in [0.25, 0.3) is 0 Å². The first kappa shape index (κ1) is 19.2. The Kier molecular flexibility index (Phi) is 5.65. The van der Waals surface area contributed by atoms with Gasteiger partial charge in [0.1, 0.15) is 0 Å². The third kappa shape index (κ3) is 3.91. The Hall–Kier alpha value is -2.17. The zero-order valence-electron chi connectivity index (χ0n) is 15.5. The number of Topliss-reactive ketones (excluding diaryl/α,β-unsaturated/α-hetero) is 1. The normalized spacial score (nSPS) is 20.1. The minimum Gasteiger partial charge on any atom is -0.481 e. The Balaban J connectivity index is 1.98. The maximum atomic E-state index is 12.4. The number of benzene rings is 1. The number of aliphatic carboxylic acids is 1. The van der Waals surface area contributed by atoms with Gasteiger partial charge < -0.3 is 10.0 Å². The summed E-state index contributed by atoms with van der Waals surface area (Å²) in [5.41, 5.74) is 1.72. The van der Waals surface area contributed by atoms with Gasteiger partial charge in [-0.05, 0) is 37.8 Å². The predicted molar refractivity (Wildman–Crippen MR) is 95.6 cm³/mol. The number of carboxylic acid groups (broad SMARTS) is 1. The van der Waals surface area contributed by atoms with Crippen molar-refractivity contribution in [2.24, 2.45) is 11.3 Å².